The molecule has 0 aliphatic rings. The molecule has 4 nitrogen and oxygen atoms in total. The molecule has 0 unspecified atom stereocenters. The summed E-state index contributed by atoms with van der Waals surface area (Å²) in [7, 11) is 0. The predicted octanol–water partition coefficient (Wildman–Crippen LogP) is 3.90. The summed E-state index contributed by atoms with van der Waals surface area (Å²) >= 11 is 0. The van der Waals surface area contributed by atoms with Gasteiger partial charge in [-0.3, -0.25) is 14.8 Å². The fraction of sp³-hybridized carbons (Fsp3) is 0.0625. The van der Waals surface area contributed by atoms with E-state index in [0.717, 1.165) is 12.1 Å². The van der Waals surface area contributed by atoms with Crippen molar-refractivity contribution >= 4 is 22.5 Å². The van der Waals surface area contributed by atoms with Crippen LogP contribution in [0.3, 0.4) is 0 Å². The van der Waals surface area contributed by atoms with Gasteiger partial charge in [0.25, 0.3) is 5.91 Å². The lowest BCUT2D eigenvalue weighted by molar-refractivity contribution is -0.137. The first-order chi connectivity index (χ1) is 10.9. The number of anilines is 1. The van der Waals surface area contributed by atoms with E-state index >= 15 is 0 Å². The van der Waals surface area contributed by atoms with Gasteiger partial charge < -0.3 is 5.32 Å². The third-order valence-electron chi connectivity index (χ3n) is 3.24. The number of benzene rings is 1. The summed E-state index contributed by atoms with van der Waals surface area (Å²) in [6.45, 7) is 0. The number of aromatic nitrogens is 2. The highest BCUT2D eigenvalue weighted by Crippen LogP contribution is 2.32. The summed E-state index contributed by atoms with van der Waals surface area (Å²) in [5.41, 5.74) is 0.110. The second kappa shape index (κ2) is 5.68. The molecule has 0 fully saturated rings. The van der Waals surface area contributed by atoms with E-state index in [1.54, 1.807) is 12.1 Å². The van der Waals surface area contributed by atoms with Crippen molar-refractivity contribution in [1.29, 1.82) is 0 Å². The summed E-state index contributed by atoms with van der Waals surface area (Å²) in [6, 6.07) is 7.95. The number of alkyl halides is 3. The first-order valence-electron chi connectivity index (χ1n) is 6.62. The lowest BCUT2D eigenvalue weighted by atomic mass is 10.1. The highest BCUT2D eigenvalue weighted by Gasteiger charge is 2.30. The fourth-order valence-corrected chi connectivity index (χ4v) is 2.12. The third-order valence-corrected chi connectivity index (χ3v) is 3.24. The molecule has 3 aromatic rings. The number of halogens is 3. The Morgan fingerprint density at radius 1 is 1.09 bits per heavy atom. The SMILES string of the molecule is O=C(Nc1ccnc2cc(C(F)(F)F)ccc12)c1cccnc1. The van der Waals surface area contributed by atoms with Gasteiger partial charge in [0, 0.05) is 24.0 Å². The van der Waals surface area contributed by atoms with Gasteiger partial charge >= 0.3 is 6.18 Å². The van der Waals surface area contributed by atoms with E-state index in [0.29, 0.717) is 16.6 Å². The standard InChI is InChI=1S/C16H10F3N3O/c17-16(18,19)11-3-4-12-13(5-7-21-14(12)8-11)22-15(23)10-2-1-6-20-9-10/h1-9H,(H,21,22,23). The molecule has 0 saturated heterocycles. The van der Waals surface area contributed by atoms with Gasteiger partial charge in [0.05, 0.1) is 22.3 Å². The Kier molecular flexibility index (Phi) is 3.69. The molecular weight excluding hydrogens is 307 g/mol. The van der Waals surface area contributed by atoms with Crippen LogP contribution in [0.15, 0.2) is 55.0 Å². The second-order valence-corrected chi connectivity index (χ2v) is 4.78. The zero-order valence-corrected chi connectivity index (χ0v) is 11.6. The van der Waals surface area contributed by atoms with E-state index in [1.807, 2.05) is 0 Å². The number of hydrogen-bond acceptors (Lipinski definition) is 3. The summed E-state index contributed by atoms with van der Waals surface area (Å²) in [5, 5.41) is 3.09. The minimum atomic E-state index is -4.44. The van der Waals surface area contributed by atoms with Crippen molar-refractivity contribution < 1.29 is 18.0 Å². The molecule has 1 amide bonds. The van der Waals surface area contributed by atoms with E-state index in [4.69, 9.17) is 0 Å². The number of nitrogens with zero attached hydrogens (tertiary/aromatic N) is 2. The van der Waals surface area contributed by atoms with E-state index in [2.05, 4.69) is 15.3 Å². The Balaban J connectivity index is 1.97. The van der Waals surface area contributed by atoms with Crippen molar-refractivity contribution in [3.05, 3.63) is 66.1 Å². The van der Waals surface area contributed by atoms with Crippen LogP contribution >= 0.6 is 0 Å². The second-order valence-electron chi connectivity index (χ2n) is 4.78. The highest BCUT2D eigenvalue weighted by molar-refractivity contribution is 6.08. The van der Waals surface area contributed by atoms with Gasteiger partial charge in [0.15, 0.2) is 0 Å². The van der Waals surface area contributed by atoms with Crippen LogP contribution in [0.4, 0.5) is 18.9 Å². The van der Waals surface area contributed by atoms with Crippen molar-refractivity contribution in [3.63, 3.8) is 0 Å². The predicted molar refractivity (Wildman–Crippen MR) is 78.9 cm³/mol. The van der Waals surface area contributed by atoms with E-state index in [1.165, 1.54) is 30.7 Å². The Morgan fingerprint density at radius 3 is 2.61 bits per heavy atom. The van der Waals surface area contributed by atoms with Gasteiger partial charge in [-0.05, 0) is 30.3 Å². The van der Waals surface area contributed by atoms with Crippen LogP contribution in [0.5, 0.6) is 0 Å². The van der Waals surface area contributed by atoms with Gasteiger partial charge in [0.2, 0.25) is 0 Å². The lowest BCUT2D eigenvalue weighted by Crippen LogP contribution is -2.12. The molecule has 23 heavy (non-hydrogen) atoms. The Morgan fingerprint density at radius 2 is 1.91 bits per heavy atom. The lowest BCUT2D eigenvalue weighted by Gasteiger charge is -2.11. The summed E-state index contributed by atoms with van der Waals surface area (Å²) < 4.78 is 38.2. The van der Waals surface area contributed by atoms with E-state index < -0.39 is 17.6 Å². The van der Waals surface area contributed by atoms with Gasteiger partial charge in [-0.1, -0.05) is 6.07 Å². The number of nitrogens with one attached hydrogen (secondary N) is 1. The maximum atomic E-state index is 12.7. The molecule has 116 valence electrons. The van der Waals surface area contributed by atoms with E-state index in [-0.39, 0.29) is 5.52 Å². The Bertz CT molecular complexity index is 863. The van der Waals surface area contributed by atoms with Crippen molar-refractivity contribution in [2.45, 2.75) is 6.18 Å². The van der Waals surface area contributed by atoms with Crippen LogP contribution in [0, 0.1) is 0 Å². The molecule has 1 aromatic carbocycles. The van der Waals surface area contributed by atoms with Gasteiger partial charge in [0.1, 0.15) is 0 Å². The summed E-state index contributed by atoms with van der Waals surface area (Å²) in [4.78, 5) is 19.9. The average molecular weight is 317 g/mol. The largest absolute Gasteiger partial charge is 0.416 e. The number of amides is 1. The molecule has 0 bridgehead atoms. The molecule has 0 aliphatic heterocycles. The molecule has 0 atom stereocenters. The third kappa shape index (κ3) is 3.13. The van der Waals surface area contributed by atoms with Gasteiger partial charge in [-0.25, -0.2) is 0 Å². The number of hydrogen-bond donors (Lipinski definition) is 1. The first-order valence-corrected chi connectivity index (χ1v) is 6.62. The molecular formula is C16H10F3N3O. The summed E-state index contributed by atoms with van der Waals surface area (Å²) in [6.07, 6.45) is -0.149. The van der Waals surface area contributed by atoms with Crippen molar-refractivity contribution in [3.8, 4) is 0 Å². The Labute approximate surface area is 129 Å². The number of pyridine rings is 2. The van der Waals surface area contributed by atoms with Crippen LogP contribution in [0.1, 0.15) is 15.9 Å². The zero-order chi connectivity index (χ0) is 16.4. The topological polar surface area (TPSA) is 54.9 Å². The van der Waals surface area contributed by atoms with Crippen LogP contribution in [0.2, 0.25) is 0 Å². The molecule has 2 aromatic heterocycles. The molecule has 0 aliphatic carbocycles. The zero-order valence-electron chi connectivity index (χ0n) is 11.6. The van der Waals surface area contributed by atoms with Crippen LogP contribution in [-0.4, -0.2) is 15.9 Å². The number of carbonyl (C=O) groups excluding carboxylic acids is 1. The maximum absolute atomic E-state index is 12.7. The minimum absolute atomic E-state index is 0.156. The molecule has 3 rings (SSSR count). The van der Waals surface area contributed by atoms with E-state index in [9.17, 15) is 18.0 Å². The number of carbonyl (C=O) groups is 1. The average Bonchev–Trinajstić information content (AvgIpc) is 2.54. The normalized spacial score (nSPS) is 11.4. The van der Waals surface area contributed by atoms with Crippen LogP contribution in [-0.2, 0) is 6.18 Å². The number of rotatable bonds is 2. The minimum Gasteiger partial charge on any atom is -0.321 e. The van der Waals surface area contributed by atoms with Crippen LogP contribution in [0.25, 0.3) is 10.9 Å². The quantitative estimate of drug-likeness (QED) is 0.780. The molecule has 2 heterocycles. The molecule has 0 spiro atoms. The van der Waals surface area contributed by atoms with Gasteiger partial charge in [-0.15, -0.1) is 0 Å². The molecule has 1 N–H and O–H groups in total. The number of fused-ring (bicyclic) bond motifs is 1. The smallest absolute Gasteiger partial charge is 0.321 e. The fourth-order valence-electron chi connectivity index (χ4n) is 2.12. The molecule has 0 radical (unpaired) electrons. The van der Waals surface area contributed by atoms with Crippen molar-refractivity contribution in [2.24, 2.45) is 0 Å². The van der Waals surface area contributed by atoms with Crippen LogP contribution < -0.4 is 5.32 Å². The monoisotopic (exact) mass is 317 g/mol. The maximum Gasteiger partial charge on any atom is 0.416 e. The van der Waals surface area contributed by atoms with Gasteiger partial charge in [-0.2, -0.15) is 13.2 Å². The summed E-state index contributed by atoms with van der Waals surface area (Å²) in [5.74, 6) is -0.398. The van der Waals surface area contributed by atoms with Crippen molar-refractivity contribution in [1.82, 2.24) is 9.97 Å². The first kappa shape index (κ1) is 15.0. The molecule has 0 saturated carbocycles. The highest BCUT2D eigenvalue weighted by atomic mass is 19.4. The molecule has 7 heteroatoms. The van der Waals surface area contributed by atoms with Crippen molar-refractivity contribution in [2.75, 3.05) is 5.32 Å². The Hall–Kier alpha value is -2.96.